The van der Waals surface area contributed by atoms with Crippen LogP contribution in [-0.2, 0) is 4.79 Å². The molecule has 0 saturated carbocycles. The summed E-state index contributed by atoms with van der Waals surface area (Å²) in [4.78, 5) is 12.0. The number of Topliss-reactive ketones (excluding diaryl/α,β-unsaturated/α-hetero) is 1. The first-order valence-corrected chi connectivity index (χ1v) is 5.60. The lowest BCUT2D eigenvalue weighted by Crippen LogP contribution is -2.15. The second-order valence-corrected chi connectivity index (χ2v) is 6.49. The summed E-state index contributed by atoms with van der Waals surface area (Å²) >= 11 is 6.09. The van der Waals surface area contributed by atoms with Crippen LogP contribution in [0.25, 0.3) is 0 Å². The monoisotopic (exact) mass is 226 g/mol. The van der Waals surface area contributed by atoms with Crippen molar-refractivity contribution in [2.45, 2.75) is 41.5 Å². The first-order valence-electron chi connectivity index (χ1n) is 5.22. The third-order valence-electron chi connectivity index (χ3n) is 2.59. The molecule has 0 aromatic carbocycles. The minimum atomic E-state index is -0.135. The maximum absolute atomic E-state index is 12.0. The van der Waals surface area contributed by atoms with Crippen LogP contribution >= 0.6 is 11.6 Å². The second-order valence-electron chi connectivity index (χ2n) is 6.11. The van der Waals surface area contributed by atoms with Crippen LogP contribution in [0, 0.1) is 10.8 Å². The Morgan fingerprint density at radius 3 is 1.67 bits per heavy atom. The van der Waals surface area contributed by atoms with Crippen LogP contribution in [0.1, 0.15) is 41.5 Å². The van der Waals surface area contributed by atoms with Gasteiger partial charge in [-0.1, -0.05) is 53.1 Å². The van der Waals surface area contributed by atoms with Crippen LogP contribution in [-0.4, -0.2) is 5.78 Å². The normalized spacial score (nSPS) is 18.6. The Kier molecular flexibility index (Phi) is 2.90. The van der Waals surface area contributed by atoms with Gasteiger partial charge in [0.25, 0.3) is 0 Å². The van der Waals surface area contributed by atoms with E-state index in [9.17, 15) is 4.79 Å². The first kappa shape index (κ1) is 12.5. The molecular weight excluding hydrogens is 208 g/mol. The number of ketones is 1. The van der Waals surface area contributed by atoms with Gasteiger partial charge >= 0.3 is 0 Å². The van der Waals surface area contributed by atoms with Gasteiger partial charge in [-0.25, -0.2) is 0 Å². The minimum Gasteiger partial charge on any atom is -0.288 e. The molecule has 0 aromatic rings. The molecule has 0 amide bonds. The molecule has 84 valence electrons. The van der Waals surface area contributed by atoms with Crippen molar-refractivity contribution in [3.63, 3.8) is 0 Å². The van der Waals surface area contributed by atoms with E-state index in [1.165, 1.54) is 0 Å². The molecule has 0 spiro atoms. The summed E-state index contributed by atoms with van der Waals surface area (Å²) in [7, 11) is 0. The van der Waals surface area contributed by atoms with Gasteiger partial charge in [0.1, 0.15) is 0 Å². The van der Waals surface area contributed by atoms with Crippen LogP contribution in [0.15, 0.2) is 22.3 Å². The van der Waals surface area contributed by atoms with Gasteiger partial charge in [0.15, 0.2) is 0 Å². The van der Waals surface area contributed by atoms with Gasteiger partial charge in [0, 0.05) is 5.57 Å². The zero-order valence-electron chi connectivity index (χ0n) is 10.4. The lowest BCUT2D eigenvalue weighted by Gasteiger charge is -2.20. The van der Waals surface area contributed by atoms with E-state index in [2.05, 4.69) is 20.8 Å². The van der Waals surface area contributed by atoms with Gasteiger partial charge in [-0.05, 0) is 22.5 Å². The molecule has 2 heteroatoms. The standard InChI is InChI=1S/C13H19ClO/c1-12(2,3)8-7-9(13(4,5)6)11(15)10(8)14/h7H,1-6H3. The molecule has 1 rings (SSSR count). The third-order valence-corrected chi connectivity index (χ3v) is 2.96. The van der Waals surface area contributed by atoms with E-state index in [0.29, 0.717) is 5.03 Å². The van der Waals surface area contributed by atoms with E-state index in [-0.39, 0.29) is 16.6 Å². The highest BCUT2D eigenvalue weighted by Gasteiger charge is 2.35. The molecule has 0 saturated heterocycles. The summed E-state index contributed by atoms with van der Waals surface area (Å²) in [5.74, 6) is -0.00547. The number of hydrogen-bond acceptors (Lipinski definition) is 1. The van der Waals surface area contributed by atoms with Crippen molar-refractivity contribution in [3.8, 4) is 0 Å². The summed E-state index contributed by atoms with van der Waals surface area (Å²) in [6.07, 6.45) is 1.96. The predicted molar refractivity (Wildman–Crippen MR) is 64.9 cm³/mol. The second kappa shape index (κ2) is 3.48. The predicted octanol–water partition coefficient (Wildman–Crippen LogP) is 4.08. The van der Waals surface area contributed by atoms with Gasteiger partial charge in [0.05, 0.1) is 5.03 Å². The van der Waals surface area contributed by atoms with E-state index < -0.39 is 0 Å². The fourth-order valence-electron chi connectivity index (χ4n) is 1.62. The highest BCUT2D eigenvalue weighted by Crippen LogP contribution is 2.42. The van der Waals surface area contributed by atoms with Gasteiger partial charge in [0.2, 0.25) is 5.78 Å². The number of carbonyl (C=O) groups is 1. The number of hydrogen-bond donors (Lipinski definition) is 0. The van der Waals surface area contributed by atoms with E-state index in [0.717, 1.165) is 11.1 Å². The molecule has 0 fully saturated rings. The Morgan fingerprint density at radius 2 is 1.47 bits per heavy atom. The van der Waals surface area contributed by atoms with Crippen molar-refractivity contribution < 1.29 is 4.79 Å². The first-order chi connectivity index (χ1) is 6.55. The summed E-state index contributed by atoms with van der Waals surface area (Å²) < 4.78 is 0. The van der Waals surface area contributed by atoms with Gasteiger partial charge < -0.3 is 0 Å². The smallest absolute Gasteiger partial charge is 0.201 e. The van der Waals surface area contributed by atoms with E-state index >= 15 is 0 Å². The van der Waals surface area contributed by atoms with Crippen molar-refractivity contribution >= 4 is 17.4 Å². The quantitative estimate of drug-likeness (QED) is 0.608. The average molecular weight is 227 g/mol. The highest BCUT2D eigenvalue weighted by atomic mass is 35.5. The third kappa shape index (κ3) is 2.34. The van der Waals surface area contributed by atoms with Crippen molar-refractivity contribution in [1.29, 1.82) is 0 Å². The van der Waals surface area contributed by atoms with E-state index in [4.69, 9.17) is 11.6 Å². The molecule has 1 nitrogen and oxygen atoms in total. The molecular formula is C13H19ClO. The molecule has 0 aromatic heterocycles. The topological polar surface area (TPSA) is 17.1 Å². The molecule has 0 aliphatic heterocycles. The van der Waals surface area contributed by atoms with Crippen LogP contribution in [0.4, 0.5) is 0 Å². The van der Waals surface area contributed by atoms with Crippen molar-refractivity contribution in [3.05, 3.63) is 22.3 Å². The fourth-order valence-corrected chi connectivity index (χ4v) is 2.06. The van der Waals surface area contributed by atoms with Crippen LogP contribution in [0.5, 0.6) is 0 Å². The van der Waals surface area contributed by atoms with Crippen LogP contribution in [0.3, 0.4) is 0 Å². The van der Waals surface area contributed by atoms with Crippen LogP contribution < -0.4 is 0 Å². The highest BCUT2D eigenvalue weighted by molar-refractivity contribution is 6.47. The molecule has 1 aliphatic carbocycles. The van der Waals surface area contributed by atoms with E-state index in [1.54, 1.807) is 0 Å². The zero-order chi connectivity index (χ0) is 12.0. The number of halogens is 1. The molecule has 0 atom stereocenters. The van der Waals surface area contributed by atoms with Crippen molar-refractivity contribution in [2.75, 3.05) is 0 Å². The SMILES string of the molecule is CC(C)(C)C1=CC(C(C)(C)C)=C(Cl)C1=O. The van der Waals surface area contributed by atoms with Gasteiger partial charge in [-0.15, -0.1) is 0 Å². The Balaban J connectivity index is 3.22. The molecule has 0 heterocycles. The maximum atomic E-state index is 12.0. The van der Waals surface area contributed by atoms with E-state index in [1.807, 2.05) is 26.8 Å². The lowest BCUT2D eigenvalue weighted by molar-refractivity contribution is -0.112. The summed E-state index contributed by atoms with van der Waals surface area (Å²) in [6.45, 7) is 12.3. The van der Waals surface area contributed by atoms with Crippen molar-refractivity contribution in [1.82, 2.24) is 0 Å². The lowest BCUT2D eigenvalue weighted by atomic mass is 9.83. The Labute approximate surface area is 97.2 Å². The Morgan fingerprint density at radius 1 is 1.00 bits per heavy atom. The molecule has 0 N–H and O–H groups in total. The average Bonchev–Trinajstić information content (AvgIpc) is 2.26. The summed E-state index contributed by atoms with van der Waals surface area (Å²) in [5.41, 5.74) is 1.57. The zero-order valence-corrected chi connectivity index (χ0v) is 11.1. The molecule has 15 heavy (non-hydrogen) atoms. The molecule has 0 radical (unpaired) electrons. The minimum absolute atomic E-state index is 0.00547. The van der Waals surface area contributed by atoms with Crippen LogP contribution in [0.2, 0.25) is 0 Å². The summed E-state index contributed by atoms with van der Waals surface area (Å²) in [6, 6.07) is 0. The molecule has 0 unspecified atom stereocenters. The van der Waals surface area contributed by atoms with Crippen molar-refractivity contribution in [2.24, 2.45) is 10.8 Å². The van der Waals surface area contributed by atoms with Gasteiger partial charge in [-0.3, -0.25) is 4.79 Å². The summed E-state index contributed by atoms with van der Waals surface area (Å²) in [5, 5.41) is 0.396. The Hall–Kier alpha value is -0.560. The molecule has 1 aliphatic rings. The maximum Gasteiger partial charge on any atom is 0.201 e. The fraction of sp³-hybridized carbons (Fsp3) is 0.615. The number of carbonyl (C=O) groups excluding carboxylic acids is 1. The number of allylic oxidation sites excluding steroid dienone is 4. The van der Waals surface area contributed by atoms with Gasteiger partial charge in [-0.2, -0.15) is 0 Å². The molecule has 0 bridgehead atoms. The Bertz CT molecular complexity index is 359. The largest absolute Gasteiger partial charge is 0.288 e. The number of rotatable bonds is 0.